The van der Waals surface area contributed by atoms with Gasteiger partial charge in [0.15, 0.2) is 0 Å². The minimum absolute atomic E-state index is 0.102. The zero-order valence-electron chi connectivity index (χ0n) is 9.99. The Morgan fingerprint density at radius 1 is 1.56 bits per heavy atom. The van der Waals surface area contributed by atoms with Crippen LogP contribution in [-0.2, 0) is 0 Å². The van der Waals surface area contributed by atoms with Gasteiger partial charge in [-0.25, -0.2) is 0 Å². The Morgan fingerprint density at radius 2 is 2.28 bits per heavy atom. The lowest BCUT2D eigenvalue weighted by molar-refractivity contribution is 0.0781. The molecular formula is C12H14Cl2N2O2. The van der Waals surface area contributed by atoms with Crippen LogP contribution in [0.4, 0.5) is 0 Å². The van der Waals surface area contributed by atoms with Crippen LogP contribution in [0.25, 0.3) is 0 Å². The summed E-state index contributed by atoms with van der Waals surface area (Å²) in [5.41, 5.74) is 0.929. The van der Waals surface area contributed by atoms with Crippen molar-refractivity contribution in [3.8, 4) is 0 Å². The summed E-state index contributed by atoms with van der Waals surface area (Å²) in [6, 6.07) is 0. The maximum absolute atomic E-state index is 12.3. The molecule has 0 aromatic carbocycles. The van der Waals surface area contributed by atoms with Crippen molar-refractivity contribution in [3.63, 3.8) is 0 Å². The minimum atomic E-state index is -0.176. The molecule has 1 aliphatic rings. The van der Waals surface area contributed by atoms with Crippen molar-refractivity contribution < 1.29 is 9.90 Å². The summed E-state index contributed by atoms with van der Waals surface area (Å²) in [6.07, 6.45) is 2.27. The number of nitrogens with zero attached hydrogens (tertiary/aromatic N) is 2. The molecule has 0 bridgehead atoms. The van der Waals surface area contributed by atoms with Crippen molar-refractivity contribution in [2.24, 2.45) is 5.92 Å². The van der Waals surface area contributed by atoms with Gasteiger partial charge in [0.25, 0.3) is 5.91 Å². The molecule has 1 aromatic rings. The number of aliphatic hydroxyl groups is 1. The SMILES string of the molecule is Cc1ncc(C(=O)N2CCC(CO)C2)c(Cl)c1Cl. The minimum Gasteiger partial charge on any atom is -0.396 e. The van der Waals surface area contributed by atoms with Crippen LogP contribution in [0.3, 0.4) is 0 Å². The third kappa shape index (κ3) is 2.46. The van der Waals surface area contributed by atoms with Gasteiger partial charge in [-0.05, 0) is 13.3 Å². The van der Waals surface area contributed by atoms with E-state index in [9.17, 15) is 4.79 Å². The summed E-state index contributed by atoms with van der Waals surface area (Å²) in [6.45, 7) is 3.02. The first kappa shape index (κ1) is 13.6. The number of aromatic nitrogens is 1. The molecule has 18 heavy (non-hydrogen) atoms. The van der Waals surface area contributed by atoms with E-state index in [2.05, 4.69) is 4.98 Å². The summed E-state index contributed by atoms with van der Waals surface area (Å²) < 4.78 is 0. The van der Waals surface area contributed by atoms with E-state index < -0.39 is 0 Å². The topological polar surface area (TPSA) is 53.4 Å². The predicted octanol–water partition coefficient (Wildman–Crippen LogP) is 2.15. The molecule has 1 amide bonds. The zero-order chi connectivity index (χ0) is 13.3. The van der Waals surface area contributed by atoms with Crippen molar-refractivity contribution in [3.05, 3.63) is 27.5 Å². The number of aliphatic hydroxyl groups excluding tert-OH is 1. The van der Waals surface area contributed by atoms with E-state index in [-0.39, 0.29) is 23.5 Å². The fraction of sp³-hybridized carbons (Fsp3) is 0.500. The Bertz CT molecular complexity index is 479. The fourth-order valence-electron chi connectivity index (χ4n) is 2.04. The highest BCUT2D eigenvalue weighted by atomic mass is 35.5. The van der Waals surface area contributed by atoms with Crippen LogP contribution in [0, 0.1) is 12.8 Å². The molecule has 2 heterocycles. The molecule has 0 spiro atoms. The lowest BCUT2D eigenvalue weighted by Crippen LogP contribution is -2.29. The number of amides is 1. The lowest BCUT2D eigenvalue weighted by Gasteiger charge is -2.17. The number of rotatable bonds is 2. The van der Waals surface area contributed by atoms with Crippen molar-refractivity contribution in [1.82, 2.24) is 9.88 Å². The Labute approximate surface area is 116 Å². The van der Waals surface area contributed by atoms with Crippen molar-refractivity contribution in [1.29, 1.82) is 0 Å². The molecule has 1 aromatic heterocycles. The summed E-state index contributed by atoms with van der Waals surface area (Å²) in [5, 5.41) is 9.65. The lowest BCUT2D eigenvalue weighted by atomic mass is 10.1. The van der Waals surface area contributed by atoms with E-state index in [1.165, 1.54) is 6.20 Å². The molecule has 6 heteroatoms. The van der Waals surface area contributed by atoms with Gasteiger partial charge < -0.3 is 10.0 Å². The number of pyridine rings is 1. The first-order valence-corrected chi connectivity index (χ1v) is 6.51. The number of aryl methyl sites for hydroxylation is 1. The van der Waals surface area contributed by atoms with Gasteiger partial charge in [0, 0.05) is 31.8 Å². The number of carbonyl (C=O) groups is 1. The largest absolute Gasteiger partial charge is 0.396 e. The normalized spacial score (nSPS) is 19.3. The summed E-state index contributed by atoms with van der Waals surface area (Å²) in [4.78, 5) is 18.0. The number of hydrogen-bond acceptors (Lipinski definition) is 3. The van der Waals surface area contributed by atoms with Crippen molar-refractivity contribution >= 4 is 29.1 Å². The molecule has 1 fully saturated rings. The predicted molar refractivity (Wildman–Crippen MR) is 70.1 cm³/mol. The van der Waals surface area contributed by atoms with Gasteiger partial charge in [0.2, 0.25) is 0 Å². The van der Waals surface area contributed by atoms with Crippen LogP contribution in [0.5, 0.6) is 0 Å². The second-order valence-electron chi connectivity index (χ2n) is 4.47. The molecule has 98 valence electrons. The molecule has 1 saturated heterocycles. The summed E-state index contributed by atoms with van der Waals surface area (Å²) in [7, 11) is 0. The number of carbonyl (C=O) groups excluding carboxylic acids is 1. The molecule has 0 aliphatic carbocycles. The molecule has 4 nitrogen and oxygen atoms in total. The van der Waals surface area contributed by atoms with Gasteiger partial charge in [-0.15, -0.1) is 0 Å². The third-order valence-electron chi connectivity index (χ3n) is 3.20. The van der Waals surface area contributed by atoms with Gasteiger partial charge in [0.1, 0.15) is 0 Å². The molecule has 0 radical (unpaired) electrons. The summed E-state index contributed by atoms with van der Waals surface area (Å²) in [5.74, 6) is -0.0213. The van der Waals surface area contributed by atoms with Gasteiger partial charge in [-0.1, -0.05) is 23.2 Å². The molecule has 1 N–H and O–H groups in total. The average molecular weight is 289 g/mol. The van der Waals surface area contributed by atoms with Crippen molar-refractivity contribution in [2.75, 3.05) is 19.7 Å². The van der Waals surface area contributed by atoms with E-state index >= 15 is 0 Å². The standard InChI is InChI=1S/C12H14Cl2N2O2/c1-7-10(13)11(14)9(4-15-7)12(18)16-3-2-8(5-16)6-17/h4,8,17H,2-3,5-6H2,1H3. The average Bonchev–Trinajstić information content (AvgIpc) is 2.84. The summed E-state index contributed by atoms with van der Waals surface area (Å²) >= 11 is 12.1. The Kier molecular flexibility index (Phi) is 4.10. The zero-order valence-corrected chi connectivity index (χ0v) is 11.5. The molecule has 1 atom stereocenters. The second kappa shape index (κ2) is 5.43. The smallest absolute Gasteiger partial charge is 0.257 e. The highest BCUT2D eigenvalue weighted by Crippen LogP contribution is 2.29. The Balaban J connectivity index is 2.22. The number of halogens is 2. The second-order valence-corrected chi connectivity index (χ2v) is 5.23. The molecule has 2 rings (SSSR count). The highest BCUT2D eigenvalue weighted by molar-refractivity contribution is 6.44. The van der Waals surface area contributed by atoms with Gasteiger partial charge >= 0.3 is 0 Å². The van der Waals surface area contributed by atoms with Crippen LogP contribution in [0.2, 0.25) is 10.0 Å². The molecular weight excluding hydrogens is 275 g/mol. The number of hydrogen-bond donors (Lipinski definition) is 1. The van der Waals surface area contributed by atoms with E-state index in [1.807, 2.05) is 0 Å². The first-order valence-electron chi connectivity index (χ1n) is 5.75. The Hall–Kier alpha value is -0.840. The van der Waals surface area contributed by atoms with Gasteiger partial charge in [-0.3, -0.25) is 9.78 Å². The highest BCUT2D eigenvalue weighted by Gasteiger charge is 2.28. The first-order chi connectivity index (χ1) is 8.54. The van der Waals surface area contributed by atoms with Crippen LogP contribution in [-0.4, -0.2) is 40.6 Å². The van der Waals surface area contributed by atoms with E-state index in [4.69, 9.17) is 28.3 Å². The fourth-order valence-corrected chi connectivity index (χ4v) is 2.45. The third-order valence-corrected chi connectivity index (χ3v) is 4.15. The van der Waals surface area contributed by atoms with Crippen LogP contribution in [0.1, 0.15) is 22.5 Å². The van der Waals surface area contributed by atoms with E-state index in [0.717, 1.165) is 6.42 Å². The van der Waals surface area contributed by atoms with Gasteiger partial charge in [0.05, 0.1) is 21.3 Å². The quantitative estimate of drug-likeness (QED) is 0.907. The monoisotopic (exact) mass is 288 g/mol. The molecule has 0 saturated carbocycles. The van der Waals surface area contributed by atoms with Gasteiger partial charge in [-0.2, -0.15) is 0 Å². The Morgan fingerprint density at radius 3 is 2.89 bits per heavy atom. The van der Waals surface area contributed by atoms with Crippen LogP contribution < -0.4 is 0 Å². The maximum atomic E-state index is 12.3. The number of likely N-dealkylation sites (tertiary alicyclic amines) is 1. The maximum Gasteiger partial charge on any atom is 0.257 e. The molecule has 1 aliphatic heterocycles. The van der Waals surface area contributed by atoms with E-state index in [1.54, 1.807) is 11.8 Å². The molecule has 1 unspecified atom stereocenters. The van der Waals surface area contributed by atoms with Crippen LogP contribution >= 0.6 is 23.2 Å². The van der Waals surface area contributed by atoms with Crippen LogP contribution in [0.15, 0.2) is 6.20 Å². The van der Waals surface area contributed by atoms with Crippen molar-refractivity contribution in [2.45, 2.75) is 13.3 Å². The van der Waals surface area contributed by atoms with E-state index in [0.29, 0.717) is 29.4 Å².